The van der Waals surface area contributed by atoms with E-state index in [-0.39, 0.29) is 0 Å². The van der Waals surface area contributed by atoms with Crippen LogP contribution in [0, 0.1) is 6.92 Å². The Morgan fingerprint density at radius 3 is 1.81 bits per heavy atom. The van der Waals surface area contributed by atoms with Crippen molar-refractivity contribution in [3.8, 4) is 11.3 Å². The first-order valence-electron chi connectivity index (χ1n) is 11.1. The van der Waals surface area contributed by atoms with E-state index >= 15 is 0 Å². The van der Waals surface area contributed by atoms with Crippen LogP contribution in [0.1, 0.15) is 5.56 Å². The topological polar surface area (TPSA) is 3.88 Å². The molecule has 1 aromatic heterocycles. The molecule has 0 saturated carbocycles. The van der Waals surface area contributed by atoms with Gasteiger partial charge >= 0.3 is 0 Å². The van der Waals surface area contributed by atoms with Gasteiger partial charge in [0.05, 0.1) is 12.1 Å². The molecule has 0 unspecified atom stereocenters. The molecule has 1 heterocycles. The van der Waals surface area contributed by atoms with E-state index in [1.807, 2.05) is 0 Å². The second kappa shape index (κ2) is 8.34. The Labute approximate surface area is 191 Å². The average molecular weight is 434 g/mol. The molecule has 0 amide bonds. The first kappa shape index (κ1) is 20.6. The highest BCUT2D eigenvalue weighted by Gasteiger charge is 2.44. The Morgan fingerprint density at radius 2 is 1.19 bits per heavy atom. The number of benzene rings is 4. The fraction of sp³-hybridized carbons (Fsp3) is 0.100. The largest absolute Gasteiger partial charge is 0.256 e. The summed E-state index contributed by atoms with van der Waals surface area (Å²) in [5.41, 5.74) is 5.14. The quantitative estimate of drug-likeness (QED) is 0.258. The van der Waals surface area contributed by atoms with Crippen LogP contribution in [0.3, 0.4) is 0 Å². The maximum atomic E-state index is 2.47. The summed E-state index contributed by atoms with van der Waals surface area (Å²) in [5, 5.41) is 5.51. The predicted octanol–water partition coefficient (Wildman–Crippen LogP) is 5.56. The minimum atomic E-state index is -1.84. The number of rotatable bonds is 4. The molecule has 0 N–H and O–H groups in total. The van der Waals surface area contributed by atoms with Crippen molar-refractivity contribution in [1.29, 1.82) is 0 Å². The molecule has 5 aromatic rings. The molecule has 0 aliphatic heterocycles. The third-order valence-electron chi connectivity index (χ3n) is 6.61. The molecule has 0 aliphatic carbocycles. The van der Waals surface area contributed by atoms with E-state index in [1.165, 1.54) is 43.6 Å². The molecule has 1 nitrogen and oxygen atoms in total. The first-order chi connectivity index (χ1) is 15.6. The van der Waals surface area contributed by atoms with Crippen LogP contribution in [0.2, 0.25) is 0 Å². The van der Waals surface area contributed by atoms with Crippen LogP contribution < -0.4 is 20.5 Å². The van der Waals surface area contributed by atoms with Gasteiger partial charge in [0.15, 0.2) is 5.30 Å². The summed E-state index contributed by atoms with van der Waals surface area (Å²) in [7, 11) is 0.373. The van der Waals surface area contributed by atoms with Gasteiger partial charge in [-0.2, -0.15) is 4.57 Å². The Hall–Kier alpha value is -3.28. The zero-order valence-corrected chi connectivity index (χ0v) is 19.8. The molecule has 0 aliphatic rings. The standard InChI is InChI=1S/C30H28NP/c1-23-13-10-11-19-27(23)28-22-21-24-14-12-20-29(30(24)31(28)2)32(3,25-15-6-4-7-16-25)26-17-8-5-9-18-26/h4-22H,1-3H3/q+2. The van der Waals surface area contributed by atoms with Gasteiger partial charge in [-0.05, 0) is 61.0 Å². The van der Waals surface area contributed by atoms with Crippen molar-refractivity contribution in [1.82, 2.24) is 0 Å². The molecular formula is C30H28NP+2. The number of fused-ring (bicyclic) bond motifs is 1. The summed E-state index contributed by atoms with van der Waals surface area (Å²) in [4.78, 5) is 0. The highest BCUT2D eigenvalue weighted by molar-refractivity contribution is 7.95. The second-order valence-electron chi connectivity index (χ2n) is 8.48. The summed E-state index contributed by atoms with van der Waals surface area (Å²) in [6.45, 7) is 4.66. The molecule has 4 aromatic carbocycles. The minimum absolute atomic E-state index is 1.25. The maximum absolute atomic E-state index is 2.47. The molecule has 0 fully saturated rings. The predicted molar refractivity (Wildman–Crippen MR) is 140 cm³/mol. The molecule has 0 atom stereocenters. The van der Waals surface area contributed by atoms with Crippen molar-refractivity contribution >= 4 is 34.1 Å². The summed E-state index contributed by atoms with van der Waals surface area (Å²) >= 11 is 0. The van der Waals surface area contributed by atoms with Gasteiger partial charge in [0.2, 0.25) is 5.69 Å². The van der Waals surface area contributed by atoms with E-state index in [1.54, 1.807) is 0 Å². The molecular weight excluding hydrogens is 405 g/mol. The van der Waals surface area contributed by atoms with E-state index < -0.39 is 7.26 Å². The number of pyridine rings is 1. The summed E-state index contributed by atoms with van der Waals surface area (Å²) in [5.74, 6) is 0. The number of nitrogens with zero attached hydrogens (tertiary/aromatic N) is 1. The number of aromatic nitrogens is 1. The Kier molecular flexibility index (Phi) is 5.37. The minimum Gasteiger partial charge on any atom is -0.191 e. The number of hydrogen-bond acceptors (Lipinski definition) is 0. The summed E-state index contributed by atoms with van der Waals surface area (Å²) in [6.07, 6.45) is 0. The molecule has 32 heavy (non-hydrogen) atoms. The number of para-hydroxylation sites is 1. The zero-order chi connectivity index (χ0) is 22.1. The van der Waals surface area contributed by atoms with Crippen LogP contribution in [0.4, 0.5) is 0 Å². The highest BCUT2D eigenvalue weighted by atomic mass is 31.2. The first-order valence-corrected chi connectivity index (χ1v) is 13.3. The van der Waals surface area contributed by atoms with Crippen LogP contribution in [0.25, 0.3) is 22.2 Å². The van der Waals surface area contributed by atoms with Crippen LogP contribution in [0.5, 0.6) is 0 Å². The lowest BCUT2D eigenvalue weighted by atomic mass is 10.0. The monoisotopic (exact) mass is 433 g/mol. The molecule has 0 spiro atoms. The highest BCUT2D eigenvalue weighted by Crippen LogP contribution is 2.52. The number of hydrogen-bond donors (Lipinski definition) is 0. The van der Waals surface area contributed by atoms with Gasteiger partial charge in [-0.25, -0.2) is 0 Å². The Balaban J connectivity index is 1.86. The Bertz CT molecular complexity index is 1350. The van der Waals surface area contributed by atoms with E-state index in [9.17, 15) is 0 Å². The van der Waals surface area contributed by atoms with Crippen molar-refractivity contribution in [2.45, 2.75) is 6.92 Å². The van der Waals surface area contributed by atoms with Crippen molar-refractivity contribution < 1.29 is 4.57 Å². The van der Waals surface area contributed by atoms with E-state index in [4.69, 9.17) is 0 Å². The third kappa shape index (κ3) is 3.34. The molecule has 0 radical (unpaired) electrons. The van der Waals surface area contributed by atoms with E-state index in [2.05, 4.69) is 140 Å². The van der Waals surface area contributed by atoms with Gasteiger partial charge in [0.25, 0.3) is 5.52 Å². The van der Waals surface area contributed by atoms with Crippen LogP contribution in [-0.4, -0.2) is 6.66 Å². The van der Waals surface area contributed by atoms with Crippen molar-refractivity contribution in [3.63, 3.8) is 0 Å². The Morgan fingerprint density at radius 1 is 0.594 bits per heavy atom. The maximum Gasteiger partial charge on any atom is 0.256 e. The molecule has 5 rings (SSSR count). The van der Waals surface area contributed by atoms with Crippen molar-refractivity contribution in [2.75, 3.05) is 6.66 Å². The lowest BCUT2D eigenvalue weighted by molar-refractivity contribution is -0.633. The summed E-state index contributed by atoms with van der Waals surface area (Å²) in [6, 6.07) is 42.1. The molecule has 0 saturated heterocycles. The normalized spacial score (nSPS) is 11.6. The molecule has 156 valence electrons. The fourth-order valence-electron chi connectivity index (χ4n) is 4.82. The van der Waals surface area contributed by atoms with E-state index in [0.717, 1.165) is 0 Å². The van der Waals surface area contributed by atoms with Crippen LogP contribution in [-0.2, 0) is 7.05 Å². The van der Waals surface area contributed by atoms with Gasteiger partial charge in [-0.3, -0.25) is 0 Å². The van der Waals surface area contributed by atoms with E-state index in [0.29, 0.717) is 0 Å². The van der Waals surface area contributed by atoms with Gasteiger partial charge in [-0.15, -0.1) is 0 Å². The van der Waals surface area contributed by atoms with Gasteiger partial charge < -0.3 is 0 Å². The third-order valence-corrected chi connectivity index (χ3v) is 10.6. The molecule has 0 bridgehead atoms. The van der Waals surface area contributed by atoms with Gasteiger partial charge in [-0.1, -0.05) is 60.7 Å². The van der Waals surface area contributed by atoms with Crippen LogP contribution >= 0.6 is 7.26 Å². The van der Waals surface area contributed by atoms with Crippen molar-refractivity contribution in [2.24, 2.45) is 7.05 Å². The SMILES string of the molecule is Cc1ccccc1-c1ccc2cccc([P+](C)(c3ccccc3)c3ccccc3)c2[n+]1C. The average Bonchev–Trinajstić information content (AvgIpc) is 2.85. The zero-order valence-electron chi connectivity index (χ0n) is 18.9. The van der Waals surface area contributed by atoms with Gasteiger partial charge in [0.1, 0.15) is 24.9 Å². The summed E-state index contributed by atoms with van der Waals surface area (Å²) < 4.78 is 2.40. The van der Waals surface area contributed by atoms with Crippen molar-refractivity contribution in [3.05, 3.63) is 121 Å². The fourth-order valence-corrected chi connectivity index (χ4v) is 8.30. The smallest absolute Gasteiger partial charge is 0.191 e. The lowest BCUT2D eigenvalue weighted by Crippen LogP contribution is -2.40. The molecule has 2 heteroatoms. The lowest BCUT2D eigenvalue weighted by Gasteiger charge is -2.23. The number of aryl methyl sites for hydroxylation is 2. The van der Waals surface area contributed by atoms with Gasteiger partial charge in [0, 0.05) is 11.6 Å². The second-order valence-corrected chi connectivity index (χ2v) is 12.0. The van der Waals surface area contributed by atoms with Crippen LogP contribution in [0.15, 0.2) is 115 Å².